The number of Topliss-reactive ketones (excluding diaryl/α,β-unsaturated/α-hetero) is 1. The van der Waals surface area contributed by atoms with E-state index in [1.165, 1.54) is 12.5 Å². The van der Waals surface area contributed by atoms with E-state index in [1.807, 2.05) is 0 Å². The van der Waals surface area contributed by atoms with Crippen LogP contribution < -0.4 is 11.1 Å². The van der Waals surface area contributed by atoms with Crippen molar-refractivity contribution in [3.8, 4) is 0 Å². The normalized spacial score (nSPS) is 37.7. The van der Waals surface area contributed by atoms with E-state index in [4.69, 9.17) is 10.6 Å². The second-order valence-electron chi connectivity index (χ2n) is 12.2. The van der Waals surface area contributed by atoms with Crippen molar-refractivity contribution in [1.29, 1.82) is 0 Å². The van der Waals surface area contributed by atoms with Crippen LogP contribution in [0.2, 0.25) is 0 Å². The number of oxime groups is 1. The third-order valence-electron chi connectivity index (χ3n) is 10.4. The fourth-order valence-corrected chi connectivity index (χ4v) is 8.19. The number of amides is 2. The van der Waals surface area contributed by atoms with E-state index in [9.17, 15) is 29.4 Å². The number of allylic oxidation sites excluding steroid dienone is 2. The van der Waals surface area contributed by atoms with Crippen LogP contribution >= 0.6 is 0 Å². The smallest absolute Gasteiger partial charge is 0.326 e. The standard InChI is InChI=1S/C28H41N3O7/c1-16(32)28(37)13-10-21-19-5-4-17-14-18(8-11-26(17,2)20(19)9-12-27(21,28)3)31-38-15-24(34)30-22(25(35)36)6-7-23(29)33/h14,19-22,37H,4-13,15H2,1-3H3,(H2,29,33)(H,30,34)(H,35,36)/b31-18-/t19?,20?,21?,22?,26-,27-,28-/m0/s1. The van der Waals surface area contributed by atoms with Crippen molar-refractivity contribution >= 4 is 29.3 Å². The van der Waals surface area contributed by atoms with E-state index >= 15 is 0 Å². The first-order valence-electron chi connectivity index (χ1n) is 13.8. The summed E-state index contributed by atoms with van der Waals surface area (Å²) < 4.78 is 0. The first kappa shape index (κ1) is 28.3. The zero-order valence-electron chi connectivity index (χ0n) is 22.6. The molecule has 210 valence electrons. The summed E-state index contributed by atoms with van der Waals surface area (Å²) in [4.78, 5) is 52.1. The summed E-state index contributed by atoms with van der Waals surface area (Å²) in [6.07, 6.45) is 8.75. The number of primary amides is 1. The number of rotatable bonds is 9. The molecule has 4 rings (SSSR count). The van der Waals surface area contributed by atoms with Crippen LogP contribution in [0.15, 0.2) is 16.8 Å². The molecule has 0 heterocycles. The van der Waals surface area contributed by atoms with E-state index in [1.54, 1.807) is 0 Å². The number of nitrogens with zero attached hydrogens (tertiary/aromatic N) is 1. The SMILES string of the molecule is CC(=O)[C@@]1(O)CCC2C3CCC4=C/C(=N\OCC(=O)NC(CCC(N)=O)C(=O)O)CC[C@]4(C)C3CC[C@@]21C. The molecule has 7 atom stereocenters. The lowest BCUT2D eigenvalue weighted by atomic mass is 9.46. The Bertz CT molecular complexity index is 1070. The van der Waals surface area contributed by atoms with Crippen LogP contribution in [0, 0.1) is 28.6 Å². The Morgan fingerprint density at radius 2 is 1.84 bits per heavy atom. The molecule has 2 amide bonds. The Hall–Kier alpha value is -2.75. The molecule has 0 saturated heterocycles. The molecule has 0 radical (unpaired) electrons. The van der Waals surface area contributed by atoms with Crippen LogP contribution in [0.3, 0.4) is 0 Å². The molecule has 0 aromatic heterocycles. The molecule has 4 aliphatic carbocycles. The van der Waals surface area contributed by atoms with Crippen LogP contribution in [0.5, 0.6) is 0 Å². The Morgan fingerprint density at radius 1 is 1.13 bits per heavy atom. The highest BCUT2D eigenvalue weighted by atomic mass is 16.6. The maximum atomic E-state index is 12.4. The molecule has 5 N–H and O–H groups in total. The molecule has 0 aromatic rings. The average Bonchev–Trinajstić information content (AvgIpc) is 3.13. The van der Waals surface area contributed by atoms with Crippen LogP contribution in [0.4, 0.5) is 0 Å². The number of carbonyl (C=O) groups is 4. The molecule has 0 aliphatic heterocycles. The van der Waals surface area contributed by atoms with Gasteiger partial charge < -0.3 is 26.1 Å². The number of aliphatic carboxylic acids is 1. The molecule has 4 aliphatic rings. The fraction of sp³-hybridized carbons (Fsp3) is 0.750. The van der Waals surface area contributed by atoms with E-state index in [0.29, 0.717) is 30.6 Å². The maximum Gasteiger partial charge on any atom is 0.326 e. The number of hydrogen-bond donors (Lipinski definition) is 4. The topological polar surface area (TPSA) is 168 Å². The number of carboxylic acids is 1. The van der Waals surface area contributed by atoms with E-state index < -0.39 is 36.0 Å². The van der Waals surface area contributed by atoms with Crippen LogP contribution in [0.1, 0.15) is 85.0 Å². The first-order chi connectivity index (χ1) is 17.8. The van der Waals surface area contributed by atoms with Gasteiger partial charge in [0.15, 0.2) is 12.4 Å². The monoisotopic (exact) mass is 531 g/mol. The molecule has 10 nitrogen and oxygen atoms in total. The van der Waals surface area contributed by atoms with Crippen molar-refractivity contribution < 1.29 is 34.2 Å². The van der Waals surface area contributed by atoms with Gasteiger partial charge >= 0.3 is 5.97 Å². The predicted octanol–water partition coefficient (Wildman–Crippen LogP) is 2.48. The summed E-state index contributed by atoms with van der Waals surface area (Å²) in [7, 11) is 0. The van der Waals surface area contributed by atoms with E-state index in [0.717, 1.165) is 44.2 Å². The number of ketones is 1. The van der Waals surface area contributed by atoms with Gasteiger partial charge in [-0.2, -0.15) is 0 Å². The van der Waals surface area contributed by atoms with E-state index in [2.05, 4.69) is 30.4 Å². The minimum atomic E-state index is -1.25. The minimum absolute atomic E-state index is 0.0344. The molecule has 0 spiro atoms. The van der Waals surface area contributed by atoms with Gasteiger partial charge in [-0.25, -0.2) is 4.79 Å². The second-order valence-corrected chi connectivity index (χ2v) is 12.2. The quantitative estimate of drug-likeness (QED) is 0.331. The van der Waals surface area contributed by atoms with Crippen molar-refractivity contribution in [3.05, 3.63) is 11.6 Å². The lowest BCUT2D eigenvalue weighted by Crippen LogP contribution is -2.57. The van der Waals surface area contributed by atoms with E-state index in [-0.39, 0.29) is 29.5 Å². The first-order valence-corrected chi connectivity index (χ1v) is 13.8. The van der Waals surface area contributed by atoms with Crippen molar-refractivity contribution in [2.24, 2.45) is 39.5 Å². The zero-order chi connectivity index (χ0) is 27.9. The second kappa shape index (κ2) is 10.4. The van der Waals surface area contributed by atoms with Crippen LogP contribution in [-0.2, 0) is 24.0 Å². The summed E-state index contributed by atoms with van der Waals surface area (Å²) >= 11 is 0. The van der Waals surface area contributed by atoms with Crippen molar-refractivity contribution in [2.45, 2.75) is 96.6 Å². The van der Waals surface area contributed by atoms with Crippen LogP contribution in [0.25, 0.3) is 0 Å². The summed E-state index contributed by atoms with van der Waals surface area (Å²) in [6, 6.07) is -1.22. The molecule has 0 aromatic carbocycles. The Labute approximate surface area is 223 Å². The van der Waals surface area contributed by atoms with Gasteiger partial charge in [-0.05, 0) is 94.0 Å². The lowest BCUT2D eigenvalue weighted by molar-refractivity contribution is -0.159. The third-order valence-corrected chi connectivity index (χ3v) is 10.4. The lowest BCUT2D eigenvalue weighted by Gasteiger charge is -2.59. The molecule has 3 fully saturated rings. The van der Waals surface area contributed by atoms with Crippen molar-refractivity contribution in [2.75, 3.05) is 6.61 Å². The average molecular weight is 532 g/mol. The number of carbonyl (C=O) groups excluding carboxylic acids is 3. The molecule has 10 heteroatoms. The number of nitrogens with two attached hydrogens (primary N) is 1. The number of hydrogen-bond acceptors (Lipinski definition) is 7. The highest BCUT2D eigenvalue weighted by Gasteiger charge is 2.65. The van der Waals surface area contributed by atoms with Gasteiger partial charge in [0.1, 0.15) is 11.6 Å². The third kappa shape index (κ3) is 4.87. The van der Waals surface area contributed by atoms with Crippen LogP contribution in [-0.4, -0.2) is 57.7 Å². The molecule has 4 unspecified atom stereocenters. The minimum Gasteiger partial charge on any atom is -0.480 e. The summed E-state index contributed by atoms with van der Waals surface area (Å²) in [5, 5.41) is 27.0. The van der Waals surface area contributed by atoms with Gasteiger partial charge in [-0.3, -0.25) is 14.4 Å². The number of fused-ring (bicyclic) bond motifs is 5. The number of carboxylic acid groups (broad SMARTS) is 1. The van der Waals surface area contributed by atoms with Gasteiger partial charge in [-0.1, -0.05) is 24.6 Å². The van der Waals surface area contributed by atoms with Crippen molar-refractivity contribution in [3.63, 3.8) is 0 Å². The Morgan fingerprint density at radius 3 is 2.50 bits per heavy atom. The number of nitrogens with one attached hydrogen (secondary N) is 1. The Kier molecular flexibility index (Phi) is 7.76. The maximum absolute atomic E-state index is 12.4. The van der Waals surface area contributed by atoms with Gasteiger partial charge in [0.25, 0.3) is 5.91 Å². The largest absolute Gasteiger partial charge is 0.480 e. The summed E-state index contributed by atoms with van der Waals surface area (Å²) in [6.45, 7) is 5.58. The fourth-order valence-electron chi connectivity index (χ4n) is 8.19. The van der Waals surface area contributed by atoms with Gasteiger partial charge in [0.2, 0.25) is 5.91 Å². The zero-order valence-corrected chi connectivity index (χ0v) is 22.6. The van der Waals surface area contributed by atoms with Crippen molar-refractivity contribution in [1.82, 2.24) is 5.32 Å². The Balaban J connectivity index is 1.38. The highest BCUT2D eigenvalue weighted by Crippen LogP contribution is 2.67. The molecular formula is C28H41N3O7. The molecule has 3 saturated carbocycles. The molecular weight excluding hydrogens is 490 g/mol. The highest BCUT2D eigenvalue weighted by molar-refractivity contribution is 5.96. The molecule has 38 heavy (non-hydrogen) atoms. The summed E-state index contributed by atoms with van der Waals surface area (Å²) in [5.74, 6) is -1.28. The number of aliphatic hydroxyl groups is 1. The predicted molar refractivity (Wildman–Crippen MR) is 139 cm³/mol. The van der Waals surface area contributed by atoms with Gasteiger partial charge in [0, 0.05) is 11.8 Å². The summed E-state index contributed by atoms with van der Waals surface area (Å²) in [5.41, 5.74) is 5.64. The van der Waals surface area contributed by atoms with Gasteiger partial charge in [-0.15, -0.1) is 0 Å². The van der Waals surface area contributed by atoms with Gasteiger partial charge in [0.05, 0.1) is 5.71 Å². The molecule has 0 bridgehead atoms.